The van der Waals surface area contributed by atoms with Crippen molar-refractivity contribution >= 4 is 28.4 Å². The first-order valence-electron chi connectivity index (χ1n) is 9.10. The maximum atomic E-state index is 12.7. The fourth-order valence-electron chi connectivity index (χ4n) is 3.34. The van der Waals surface area contributed by atoms with Crippen molar-refractivity contribution in [2.24, 2.45) is 0 Å². The Hall–Kier alpha value is -3.22. The topological polar surface area (TPSA) is 90.1 Å². The van der Waals surface area contributed by atoms with E-state index < -0.39 is 6.04 Å². The standard InChI is InChI=1S/C22H20ClN3O3/c1-29-16-5-6-19-17(9-16)18(11-25-19)14-8-20(24-10-14)22(28)26-21(12-27)13-3-2-4-15(23)7-13/h2-11,21,24-25,27H,12H2,1H3,(H,26,28). The Balaban J connectivity index is 1.58. The average molecular weight is 410 g/mol. The molecular formula is C22H20ClN3O3. The third kappa shape index (κ3) is 3.85. The van der Waals surface area contributed by atoms with Gasteiger partial charge >= 0.3 is 0 Å². The van der Waals surface area contributed by atoms with Gasteiger partial charge in [0.15, 0.2) is 0 Å². The molecule has 7 heteroatoms. The minimum absolute atomic E-state index is 0.234. The third-order valence-corrected chi connectivity index (χ3v) is 5.10. The number of carbonyl (C=O) groups excluding carboxylic acids is 1. The zero-order valence-electron chi connectivity index (χ0n) is 15.7. The van der Waals surface area contributed by atoms with Crippen LogP contribution in [-0.4, -0.2) is 34.7 Å². The predicted molar refractivity (Wildman–Crippen MR) is 113 cm³/mol. The van der Waals surface area contributed by atoms with Crippen LogP contribution in [0.5, 0.6) is 5.75 Å². The number of aliphatic hydroxyl groups excluding tert-OH is 1. The summed E-state index contributed by atoms with van der Waals surface area (Å²) in [5.74, 6) is 0.451. The van der Waals surface area contributed by atoms with E-state index in [1.54, 1.807) is 37.6 Å². The normalized spacial score (nSPS) is 12.1. The molecule has 0 bridgehead atoms. The molecule has 2 aromatic carbocycles. The molecule has 4 rings (SSSR count). The van der Waals surface area contributed by atoms with Crippen molar-refractivity contribution < 1.29 is 14.6 Å². The zero-order chi connectivity index (χ0) is 20.4. The first-order chi connectivity index (χ1) is 14.1. The quantitative estimate of drug-likeness (QED) is 0.383. The van der Waals surface area contributed by atoms with Gasteiger partial charge in [0.1, 0.15) is 11.4 Å². The van der Waals surface area contributed by atoms with Crippen LogP contribution >= 0.6 is 11.6 Å². The molecule has 2 aromatic heterocycles. The summed E-state index contributed by atoms with van der Waals surface area (Å²) in [5, 5.41) is 14.1. The molecule has 29 heavy (non-hydrogen) atoms. The van der Waals surface area contributed by atoms with Gasteiger partial charge in [0.05, 0.1) is 19.8 Å². The molecule has 0 fully saturated rings. The SMILES string of the molecule is COc1ccc2[nH]cc(-c3c[nH]c(C(=O)NC(CO)c4cccc(Cl)c4)c3)c2c1. The lowest BCUT2D eigenvalue weighted by atomic mass is 10.1. The van der Waals surface area contributed by atoms with Crippen molar-refractivity contribution in [2.75, 3.05) is 13.7 Å². The smallest absolute Gasteiger partial charge is 0.268 e. The monoisotopic (exact) mass is 409 g/mol. The molecule has 0 radical (unpaired) electrons. The first kappa shape index (κ1) is 19.1. The number of halogens is 1. The summed E-state index contributed by atoms with van der Waals surface area (Å²) in [6, 6.07) is 14.1. The van der Waals surface area contributed by atoms with Crippen LogP contribution in [0.3, 0.4) is 0 Å². The average Bonchev–Trinajstić information content (AvgIpc) is 3.38. The number of aliphatic hydroxyl groups is 1. The van der Waals surface area contributed by atoms with E-state index in [-0.39, 0.29) is 12.5 Å². The predicted octanol–water partition coefficient (Wildman–Crippen LogP) is 4.29. The number of hydrogen-bond acceptors (Lipinski definition) is 3. The van der Waals surface area contributed by atoms with Gasteiger partial charge < -0.3 is 25.1 Å². The Bertz CT molecular complexity index is 1170. The molecule has 0 saturated carbocycles. The third-order valence-electron chi connectivity index (χ3n) is 4.87. The van der Waals surface area contributed by atoms with Crippen molar-refractivity contribution in [1.82, 2.24) is 15.3 Å². The molecule has 4 aromatic rings. The molecule has 0 aliphatic carbocycles. The Labute approximate surface area is 172 Å². The van der Waals surface area contributed by atoms with E-state index >= 15 is 0 Å². The van der Waals surface area contributed by atoms with Crippen LogP contribution in [-0.2, 0) is 0 Å². The lowest BCUT2D eigenvalue weighted by Gasteiger charge is -2.16. The van der Waals surface area contributed by atoms with Crippen LogP contribution in [0.25, 0.3) is 22.0 Å². The van der Waals surface area contributed by atoms with Crippen LogP contribution in [0.1, 0.15) is 22.1 Å². The van der Waals surface area contributed by atoms with Gasteiger partial charge in [-0.05, 0) is 42.0 Å². The number of aromatic amines is 2. The van der Waals surface area contributed by atoms with E-state index in [9.17, 15) is 9.90 Å². The molecule has 0 spiro atoms. The van der Waals surface area contributed by atoms with Gasteiger partial charge in [0.25, 0.3) is 5.91 Å². The second-order valence-corrected chi connectivity index (χ2v) is 7.12. The number of rotatable bonds is 6. The molecule has 0 aliphatic heterocycles. The number of nitrogens with one attached hydrogen (secondary N) is 3. The number of carbonyl (C=O) groups is 1. The number of ether oxygens (including phenoxy) is 1. The maximum Gasteiger partial charge on any atom is 0.268 e. The Morgan fingerprint density at radius 2 is 2.03 bits per heavy atom. The Kier molecular flexibility index (Phi) is 5.29. The second-order valence-electron chi connectivity index (χ2n) is 6.68. The van der Waals surface area contributed by atoms with Crippen LogP contribution in [0.4, 0.5) is 0 Å². The molecule has 0 saturated heterocycles. The number of H-pyrrole nitrogens is 2. The van der Waals surface area contributed by atoms with Crippen molar-refractivity contribution in [2.45, 2.75) is 6.04 Å². The molecule has 0 aliphatic rings. The Morgan fingerprint density at radius 3 is 2.79 bits per heavy atom. The highest BCUT2D eigenvalue weighted by Crippen LogP contribution is 2.31. The number of fused-ring (bicyclic) bond motifs is 1. The van der Waals surface area contributed by atoms with Gasteiger partial charge in [-0.3, -0.25) is 4.79 Å². The molecule has 1 amide bonds. The van der Waals surface area contributed by atoms with Crippen molar-refractivity contribution in [3.8, 4) is 16.9 Å². The van der Waals surface area contributed by atoms with E-state index in [1.807, 2.05) is 30.5 Å². The van der Waals surface area contributed by atoms with Crippen molar-refractivity contribution in [1.29, 1.82) is 0 Å². The van der Waals surface area contributed by atoms with Crippen LogP contribution < -0.4 is 10.1 Å². The van der Waals surface area contributed by atoms with Crippen molar-refractivity contribution in [3.05, 3.63) is 77.2 Å². The molecule has 6 nitrogen and oxygen atoms in total. The Morgan fingerprint density at radius 1 is 1.17 bits per heavy atom. The van der Waals surface area contributed by atoms with Crippen LogP contribution in [0, 0.1) is 0 Å². The van der Waals surface area contributed by atoms with Gasteiger partial charge in [0.2, 0.25) is 0 Å². The number of aromatic nitrogens is 2. The maximum absolute atomic E-state index is 12.7. The number of amides is 1. The zero-order valence-corrected chi connectivity index (χ0v) is 16.5. The largest absolute Gasteiger partial charge is 0.497 e. The van der Waals surface area contributed by atoms with Gasteiger partial charge in [-0.2, -0.15) is 0 Å². The van der Waals surface area contributed by atoms with Crippen LogP contribution in [0.2, 0.25) is 5.02 Å². The fourth-order valence-corrected chi connectivity index (χ4v) is 3.54. The van der Waals surface area contributed by atoms with E-state index in [1.165, 1.54) is 0 Å². The molecule has 1 unspecified atom stereocenters. The highest BCUT2D eigenvalue weighted by molar-refractivity contribution is 6.30. The number of benzene rings is 2. The van der Waals surface area contributed by atoms with Gasteiger partial charge in [0, 0.05) is 39.4 Å². The van der Waals surface area contributed by atoms with Gasteiger partial charge in [-0.15, -0.1) is 0 Å². The summed E-state index contributed by atoms with van der Waals surface area (Å²) in [6.07, 6.45) is 3.68. The van der Waals surface area contributed by atoms with Gasteiger partial charge in [-0.25, -0.2) is 0 Å². The summed E-state index contributed by atoms with van der Waals surface area (Å²) < 4.78 is 5.31. The second kappa shape index (κ2) is 8.03. The molecular weight excluding hydrogens is 390 g/mol. The van der Waals surface area contributed by atoms with Crippen LogP contribution in [0.15, 0.2) is 60.9 Å². The van der Waals surface area contributed by atoms with E-state index in [0.717, 1.165) is 33.3 Å². The summed E-state index contributed by atoms with van der Waals surface area (Å²) in [5.41, 5.74) is 3.96. The lowest BCUT2D eigenvalue weighted by Crippen LogP contribution is -2.31. The molecule has 4 N–H and O–H groups in total. The number of methoxy groups -OCH3 is 1. The van der Waals surface area contributed by atoms with E-state index in [4.69, 9.17) is 16.3 Å². The summed E-state index contributed by atoms with van der Waals surface area (Å²) in [4.78, 5) is 18.9. The lowest BCUT2D eigenvalue weighted by molar-refractivity contribution is 0.0912. The minimum Gasteiger partial charge on any atom is -0.497 e. The van der Waals surface area contributed by atoms with Gasteiger partial charge in [-0.1, -0.05) is 23.7 Å². The molecule has 2 heterocycles. The molecule has 1 atom stereocenters. The number of hydrogen-bond donors (Lipinski definition) is 4. The first-order valence-corrected chi connectivity index (χ1v) is 9.48. The van der Waals surface area contributed by atoms with Crippen molar-refractivity contribution in [3.63, 3.8) is 0 Å². The van der Waals surface area contributed by atoms with E-state index in [0.29, 0.717) is 10.7 Å². The molecule has 148 valence electrons. The minimum atomic E-state index is -0.551. The summed E-state index contributed by atoms with van der Waals surface area (Å²) in [7, 11) is 1.63. The fraction of sp³-hybridized carbons (Fsp3) is 0.136. The summed E-state index contributed by atoms with van der Waals surface area (Å²) in [6.45, 7) is -0.234. The highest BCUT2D eigenvalue weighted by Gasteiger charge is 2.18. The van der Waals surface area contributed by atoms with E-state index in [2.05, 4.69) is 15.3 Å². The highest BCUT2D eigenvalue weighted by atomic mass is 35.5. The summed E-state index contributed by atoms with van der Waals surface area (Å²) >= 11 is 6.02.